The number of allylic oxidation sites excluding steroid dienone is 3. The van der Waals surface area contributed by atoms with Crippen LogP contribution < -0.4 is 10.3 Å². The molecule has 0 radical (unpaired) electrons. The number of aromatic amines is 1. The van der Waals surface area contributed by atoms with Gasteiger partial charge in [0.05, 0.1) is 5.52 Å². The second kappa shape index (κ2) is 7.73. The molecule has 0 bridgehead atoms. The molecule has 0 spiro atoms. The molecule has 0 saturated heterocycles. The summed E-state index contributed by atoms with van der Waals surface area (Å²) in [7, 11) is 0. The fourth-order valence-corrected chi connectivity index (χ4v) is 2.34. The Bertz CT molecular complexity index is 842. The zero-order chi connectivity index (χ0) is 17.7. The van der Waals surface area contributed by atoms with E-state index in [0.717, 1.165) is 18.4 Å². The van der Waals surface area contributed by atoms with E-state index in [2.05, 4.69) is 24.9 Å². The van der Waals surface area contributed by atoms with Crippen LogP contribution >= 0.6 is 0 Å². The number of phenols is 1. The van der Waals surface area contributed by atoms with Crippen LogP contribution in [0.25, 0.3) is 10.9 Å². The normalized spacial score (nSPS) is 11.5. The van der Waals surface area contributed by atoms with E-state index < -0.39 is 5.56 Å². The Balaban J connectivity index is 2.11. The molecule has 0 atom stereocenters. The molecule has 24 heavy (non-hydrogen) atoms. The van der Waals surface area contributed by atoms with E-state index in [1.807, 2.05) is 13.0 Å². The standard InChI is InChI=1S/C19H23NO4/c1-12(2)5-4-6-13(3)9-10-24-18-17(22)15-8-7-14(21)11-16(15)20-19(18)23/h5,7-9,11,21H,4,6,10H2,1-3H3,(H2,20,22,23)/b13-9+. The van der Waals surface area contributed by atoms with Crippen molar-refractivity contribution in [3.8, 4) is 17.2 Å². The Hall–Kier alpha value is -2.69. The highest BCUT2D eigenvalue weighted by atomic mass is 16.5. The van der Waals surface area contributed by atoms with E-state index >= 15 is 0 Å². The van der Waals surface area contributed by atoms with Crippen LogP contribution in [0.3, 0.4) is 0 Å². The van der Waals surface area contributed by atoms with Gasteiger partial charge in [-0.15, -0.1) is 0 Å². The highest BCUT2D eigenvalue weighted by molar-refractivity contribution is 5.87. The summed E-state index contributed by atoms with van der Waals surface area (Å²) < 4.78 is 5.46. The minimum Gasteiger partial charge on any atom is -0.508 e. The van der Waals surface area contributed by atoms with Crippen LogP contribution in [0.5, 0.6) is 17.2 Å². The van der Waals surface area contributed by atoms with Gasteiger partial charge in [0.15, 0.2) is 5.75 Å². The van der Waals surface area contributed by atoms with Crippen molar-refractivity contribution in [1.82, 2.24) is 4.98 Å². The zero-order valence-corrected chi connectivity index (χ0v) is 14.2. The third-order valence-electron chi connectivity index (χ3n) is 3.68. The minimum atomic E-state index is -0.527. The zero-order valence-electron chi connectivity index (χ0n) is 14.2. The quantitative estimate of drug-likeness (QED) is 0.699. The van der Waals surface area contributed by atoms with Crippen LogP contribution in [0.1, 0.15) is 33.6 Å². The lowest BCUT2D eigenvalue weighted by Crippen LogP contribution is -2.11. The van der Waals surface area contributed by atoms with Gasteiger partial charge >= 0.3 is 0 Å². The highest BCUT2D eigenvalue weighted by Gasteiger charge is 2.13. The predicted molar refractivity (Wildman–Crippen MR) is 95.8 cm³/mol. The molecule has 128 valence electrons. The molecule has 1 aromatic heterocycles. The SMILES string of the molecule is CC(C)=CCC/C(C)=C/COc1c(O)c2ccc(O)cc2[nH]c1=O. The molecule has 3 N–H and O–H groups in total. The van der Waals surface area contributed by atoms with Gasteiger partial charge in [-0.3, -0.25) is 4.79 Å². The van der Waals surface area contributed by atoms with Crippen LogP contribution in [0.15, 0.2) is 46.3 Å². The molecule has 0 fully saturated rings. The summed E-state index contributed by atoms with van der Waals surface area (Å²) in [5.41, 5.74) is 2.28. The summed E-state index contributed by atoms with van der Waals surface area (Å²) in [4.78, 5) is 14.6. The van der Waals surface area contributed by atoms with Gasteiger partial charge in [0.1, 0.15) is 12.4 Å². The number of rotatable bonds is 6. The van der Waals surface area contributed by atoms with Crippen molar-refractivity contribution in [1.29, 1.82) is 0 Å². The summed E-state index contributed by atoms with van der Waals surface area (Å²) in [5, 5.41) is 20.1. The number of hydrogen-bond acceptors (Lipinski definition) is 4. The summed E-state index contributed by atoms with van der Waals surface area (Å²) in [6.07, 6.45) is 5.97. The molecule has 5 nitrogen and oxygen atoms in total. The molecule has 0 saturated carbocycles. The monoisotopic (exact) mass is 329 g/mol. The van der Waals surface area contributed by atoms with E-state index in [4.69, 9.17) is 4.74 Å². The number of H-pyrrole nitrogens is 1. The Morgan fingerprint density at radius 1 is 1.21 bits per heavy atom. The minimum absolute atomic E-state index is 0.0149. The number of aromatic nitrogens is 1. The molecule has 2 aromatic rings. The maximum absolute atomic E-state index is 12.0. The molecule has 0 unspecified atom stereocenters. The fraction of sp³-hybridized carbons (Fsp3) is 0.316. The molecule has 0 amide bonds. The van der Waals surface area contributed by atoms with Gasteiger partial charge in [0.2, 0.25) is 5.75 Å². The maximum Gasteiger partial charge on any atom is 0.294 e. The van der Waals surface area contributed by atoms with Crippen molar-refractivity contribution in [3.05, 3.63) is 51.9 Å². The molecule has 0 aliphatic rings. The van der Waals surface area contributed by atoms with Crippen LogP contribution in [0.4, 0.5) is 0 Å². The number of fused-ring (bicyclic) bond motifs is 1. The van der Waals surface area contributed by atoms with Gasteiger partial charge in [-0.2, -0.15) is 0 Å². The Morgan fingerprint density at radius 2 is 1.96 bits per heavy atom. The number of benzene rings is 1. The lowest BCUT2D eigenvalue weighted by molar-refractivity contribution is 0.332. The molecular weight excluding hydrogens is 306 g/mol. The van der Waals surface area contributed by atoms with Gasteiger partial charge in [-0.05, 0) is 51.8 Å². The average molecular weight is 329 g/mol. The van der Waals surface area contributed by atoms with Gasteiger partial charge in [-0.1, -0.05) is 17.2 Å². The van der Waals surface area contributed by atoms with E-state index in [-0.39, 0.29) is 23.9 Å². The molecule has 0 aliphatic heterocycles. The summed E-state index contributed by atoms with van der Waals surface area (Å²) >= 11 is 0. The van der Waals surface area contributed by atoms with E-state index in [1.165, 1.54) is 23.8 Å². The van der Waals surface area contributed by atoms with Gasteiger partial charge in [0.25, 0.3) is 5.56 Å². The maximum atomic E-state index is 12.0. The molecule has 1 heterocycles. The first-order chi connectivity index (χ1) is 11.4. The topological polar surface area (TPSA) is 82.5 Å². The second-order valence-electron chi connectivity index (χ2n) is 6.04. The largest absolute Gasteiger partial charge is 0.508 e. The van der Waals surface area contributed by atoms with E-state index in [0.29, 0.717) is 10.9 Å². The van der Waals surface area contributed by atoms with Gasteiger partial charge in [0, 0.05) is 11.5 Å². The predicted octanol–water partition coefficient (Wildman–Crippen LogP) is 4.01. The van der Waals surface area contributed by atoms with Crippen molar-refractivity contribution in [2.24, 2.45) is 0 Å². The van der Waals surface area contributed by atoms with Crippen LogP contribution in [-0.2, 0) is 0 Å². The van der Waals surface area contributed by atoms with Crippen molar-refractivity contribution in [2.75, 3.05) is 6.61 Å². The average Bonchev–Trinajstić information content (AvgIpc) is 2.49. The van der Waals surface area contributed by atoms with Crippen LogP contribution in [-0.4, -0.2) is 21.8 Å². The molecule has 5 heteroatoms. The second-order valence-corrected chi connectivity index (χ2v) is 6.04. The summed E-state index contributed by atoms with van der Waals surface area (Å²) in [6.45, 7) is 6.35. The van der Waals surface area contributed by atoms with Crippen molar-refractivity contribution in [2.45, 2.75) is 33.6 Å². The number of ether oxygens (including phenoxy) is 1. The molecule has 0 aliphatic carbocycles. The fourth-order valence-electron chi connectivity index (χ4n) is 2.34. The van der Waals surface area contributed by atoms with Gasteiger partial charge < -0.3 is 19.9 Å². The van der Waals surface area contributed by atoms with Crippen molar-refractivity contribution in [3.63, 3.8) is 0 Å². The van der Waals surface area contributed by atoms with E-state index in [1.54, 1.807) is 0 Å². The van der Waals surface area contributed by atoms with Crippen LogP contribution in [0.2, 0.25) is 0 Å². The third-order valence-corrected chi connectivity index (χ3v) is 3.68. The Morgan fingerprint density at radius 3 is 2.67 bits per heavy atom. The first-order valence-electron chi connectivity index (χ1n) is 7.88. The Kier molecular flexibility index (Phi) is 5.68. The number of aromatic hydroxyl groups is 2. The van der Waals surface area contributed by atoms with E-state index in [9.17, 15) is 15.0 Å². The van der Waals surface area contributed by atoms with Gasteiger partial charge in [-0.25, -0.2) is 0 Å². The summed E-state index contributed by atoms with van der Waals surface area (Å²) in [5.74, 6) is -0.313. The molecule has 2 rings (SSSR count). The lowest BCUT2D eigenvalue weighted by Gasteiger charge is -2.08. The smallest absolute Gasteiger partial charge is 0.294 e. The van der Waals surface area contributed by atoms with Crippen LogP contribution in [0, 0.1) is 0 Å². The molecular formula is C19H23NO4. The first kappa shape index (κ1) is 17.7. The number of nitrogens with one attached hydrogen (secondary N) is 1. The summed E-state index contributed by atoms with van der Waals surface area (Å²) in [6, 6.07) is 4.36. The third kappa shape index (κ3) is 4.41. The molecule has 1 aromatic carbocycles. The van der Waals surface area contributed by atoms with Crippen molar-refractivity contribution >= 4 is 10.9 Å². The number of hydrogen-bond donors (Lipinski definition) is 3. The Labute approximate surface area is 140 Å². The number of phenolic OH excluding ortho intramolecular Hbond substituents is 1. The lowest BCUT2D eigenvalue weighted by atomic mass is 10.1. The highest BCUT2D eigenvalue weighted by Crippen LogP contribution is 2.31. The first-order valence-corrected chi connectivity index (χ1v) is 7.88. The number of pyridine rings is 1. The van der Waals surface area contributed by atoms with Crippen molar-refractivity contribution < 1.29 is 14.9 Å².